The Labute approximate surface area is 217 Å². The molecule has 190 valence electrons. The third-order valence-electron chi connectivity index (χ3n) is 8.35. The first-order chi connectivity index (χ1) is 17.6. The highest BCUT2D eigenvalue weighted by atomic mass is 16.5. The van der Waals surface area contributed by atoms with Crippen LogP contribution in [-0.2, 0) is 16.9 Å². The van der Waals surface area contributed by atoms with Crippen LogP contribution in [-0.4, -0.2) is 39.3 Å². The second-order valence-electron chi connectivity index (χ2n) is 9.79. The average molecular weight is 484 g/mol. The quantitative estimate of drug-likeness (QED) is 0.325. The molecule has 4 nitrogen and oxygen atoms in total. The van der Waals surface area contributed by atoms with Crippen LogP contribution in [0.4, 0.5) is 17.1 Å². The first kappa shape index (κ1) is 24.7. The largest absolute Gasteiger partial charge is 0.372 e. The molecule has 0 atom stereocenters. The minimum absolute atomic E-state index is 0.536. The van der Waals surface area contributed by atoms with Crippen LogP contribution in [0.1, 0.15) is 63.8 Å². The standard InChI is InChI=1S/C32H41N3O/c1-7-33(8-2)24-13-16-29-23(19-24)22-36-32(29)30-17-14-25(34(9-3)10-4)20-27(30)28-21-26(15-18-31(28)32)35(11-5)12-6/h13-21H,7-12,22H2,1-6H3. The predicted molar refractivity (Wildman–Crippen MR) is 154 cm³/mol. The fourth-order valence-corrected chi connectivity index (χ4v) is 6.38. The predicted octanol–water partition coefficient (Wildman–Crippen LogP) is 7.03. The van der Waals surface area contributed by atoms with Crippen LogP contribution < -0.4 is 14.7 Å². The molecule has 0 radical (unpaired) electrons. The maximum atomic E-state index is 6.89. The molecule has 2 aliphatic rings. The Kier molecular flexibility index (Phi) is 6.74. The van der Waals surface area contributed by atoms with Crippen molar-refractivity contribution in [1.82, 2.24) is 0 Å². The Balaban J connectivity index is 1.72. The highest BCUT2D eigenvalue weighted by Crippen LogP contribution is 2.58. The fraction of sp³-hybridized carbons (Fsp3) is 0.438. The maximum Gasteiger partial charge on any atom is 0.145 e. The molecule has 0 fully saturated rings. The van der Waals surface area contributed by atoms with Crippen molar-refractivity contribution in [2.24, 2.45) is 0 Å². The Bertz CT molecular complexity index is 1180. The van der Waals surface area contributed by atoms with Gasteiger partial charge < -0.3 is 19.4 Å². The lowest BCUT2D eigenvalue weighted by Gasteiger charge is -2.29. The lowest BCUT2D eigenvalue weighted by atomic mass is 9.83. The summed E-state index contributed by atoms with van der Waals surface area (Å²) in [5.41, 5.74) is 11.1. The van der Waals surface area contributed by atoms with Gasteiger partial charge >= 0.3 is 0 Å². The second-order valence-corrected chi connectivity index (χ2v) is 9.79. The molecule has 0 amide bonds. The smallest absolute Gasteiger partial charge is 0.145 e. The highest BCUT2D eigenvalue weighted by molar-refractivity contribution is 5.87. The molecule has 0 saturated carbocycles. The Morgan fingerprint density at radius 3 is 1.36 bits per heavy atom. The van der Waals surface area contributed by atoms with Crippen molar-refractivity contribution in [3.05, 3.63) is 76.9 Å². The van der Waals surface area contributed by atoms with Gasteiger partial charge in [0, 0.05) is 67.5 Å². The lowest BCUT2D eigenvalue weighted by Crippen LogP contribution is -2.27. The zero-order valence-corrected chi connectivity index (χ0v) is 22.9. The summed E-state index contributed by atoms with van der Waals surface area (Å²) in [5.74, 6) is 0. The van der Waals surface area contributed by atoms with E-state index in [-0.39, 0.29) is 0 Å². The van der Waals surface area contributed by atoms with E-state index in [0.717, 1.165) is 39.3 Å². The molecular weight excluding hydrogens is 442 g/mol. The number of hydrogen-bond acceptors (Lipinski definition) is 4. The first-order valence-electron chi connectivity index (χ1n) is 13.9. The van der Waals surface area contributed by atoms with E-state index in [1.165, 1.54) is 50.4 Å². The molecule has 1 aliphatic carbocycles. The van der Waals surface area contributed by atoms with E-state index in [9.17, 15) is 0 Å². The Hall–Kier alpha value is -2.98. The van der Waals surface area contributed by atoms with Crippen molar-refractivity contribution in [2.75, 3.05) is 54.0 Å². The summed E-state index contributed by atoms with van der Waals surface area (Å²) < 4.78 is 6.89. The summed E-state index contributed by atoms with van der Waals surface area (Å²) in [6.45, 7) is 20.0. The lowest BCUT2D eigenvalue weighted by molar-refractivity contribution is 0.0301. The van der Waals surface area contributed by atoms with Gasteiger partial charge in [0.15, 0.2) is 0 Å². The number of benzene rings is 3. The summed E-state index contributed by atoms with van der Waals surface area (Å²) >= 11 is 0. The third-order valence-corrected chi connectivity index (χ3v) is 8.35. The summed E-state index contributed by atoms with van der Waals surface area (Å²) in [6.07, 6.45) is 0. The van der Waals surface area contributed by atoms with Crippen LogP contribution in [0.3, 0.4) is 0 Å². The van der Waals surface area contributed by atoms with E-state index in [2.05, 4.69) is 111 Å². The molecule has 1 aliphatic heterocycles. The van der Waals surface area contributed by atoms with Gasteiger partial charge in [-0.3, -0.25) is 0 Å². The highest BCUT2D eigenvalue weighted by Gasteiger charge is 2.50. The molecule has 3 aromatic carbocycles. The molecule has 0 bridgehead atoms. The molecule has 4 heteroatoms. The van der Waals surface area contributed by atoms with E-state index >= 15 is 0 Å². The van der Waals surface area contributed by atoms with Gasteiger partial charge in [0.05, 0.1) is 6.61 Å². The minimum Gasteiger partial charge on any atom is -0.372 e. The molecule has 0 aromatic heterocycles. The molecule has 1 heterocycles. The monoisotopic (exact) mass is 483 g/mol. The normalized spacial score (nSPS) is 14.5. The average Bonchev–Trinajstić information content (AvgIpc) is 3.43. The van der Waals surface area contributed by atoms with Gasteiger partial charge in [0.25, 0.3) is 0 Å². The van der Waals surface area contributed by atoms with Crippen LogP contribution in [0.2, 0.25) is 0 Å². The van der Waals surface area contributed by atoms with Crippen LogP contribution >= 0.6 is 0 Å². The number of hydrogen-bond donors (Lipinski definition) is 0. The molecule has 0 saturated heterocycles. The first-order valence-corrected chi connectivity index (χ1v) is 13.9. The van der Waals surface area contributed by atoms with E-state index in [0.29, 0.717) is 6.61 Å². The SMILES string of the molecule is CCN(CC)c1ccc2c(c1)COC21c2ccc(N(CC)CC)cc2-c2cc(N(CC)CC)ccc21. The zero-order valence-electron chi connectivity index (χ0n) is 22.9. The molecule has 36 heavy (non-hydrogen) atoms. The summed E-state index contributed by atoms with van der Waals surface area (Å²) in [4.78, 5) is 7.27. The second kappa shape index (κ2) is 9.82. The van der Waals surface area contributed by atoms with Crippen molar-refractivity contribution in [2.45, 2.75) is 53.8 Å². The number of anilines is 3. The number of fused-ring (bicyclic) bond motifs is 7. The Morgan fingerprint density at radius 2 is 0.944 bits per heavy atom. The van der Waals surface area contributed by atoms with Crippen LogP contribution in [0.5, 0.6) is 0 Å². The van der Waals surface area contributed by atoms with E-state index in [1.807, 2.05) is 0 Å². The molecule has 5 rings (SSSR count). The van der Waals surface area contributed by atoms with Gasteiger partial charge in [0.2, 0.25) is 0 Å². The molecule has 3 aromatic rings. The van der Waals surface area contributed by atoms with E-state index in [4.69, 9.17) is 4.74 Å². The molecule has 1 spiro atoms. The van der Waals surface area contributed by atoms with Gasteiger partial charge in [-0.25, -0.2) is 0 Å². The van der Waals surface area contributed by atoms with Gasteiger partial charge in [0.1, 0.15) is 5.60 Å². The summed E-state index contributed by atoms with van der Waals surface area (Å²) in [7, 11) is 0. The fourth-order valence-electron chi connectivity index (χ4n) is 6.38. The van der Waals surface area contributed by atoms with Gasteiger partial charge in [-0.05, 0) is 100 Å². The van der Waals surface area contributed by atoms with Crippen molar-refractivity contribution >= 4 is 17.1 Å². The summed E-state index contributed by atoms with van der Waals surface area (Å²) in [6, 6.07) is 21.0. The number of nitrogens with zero attached hydrogens (tertiary/aromatic N) is 3. The molecule has 0 N–H and O–H groups in total. The van der Waals surface area contributed by atoms with Crippen molar-refractivity contribution in [3.8, 4) is 11.1 Å². The summed E-state index contributed by atoms with van der Waals surface area (Å²) in [5, 5.41) is 0. The topological polar surface area (TPSA) is 19.0 Å². The third kappa shape index (κ3) is 3.61. The molecular formula is C32H41N3O. The van der Waals surface area contributed by atoms with Gasteiger partial charge in [-0.1, -0.05) is 18.2 Å². The van der Waals surface area contributed by atoms with Crippen LogP contribution in [0.25, 0.3) is 11.1 Å². The number of ether oxygens (including phenoxy) is 1. The van der Waals surface area contributed by atoms with Crippen molar-refractivity contribution < 1.29 is 4.74 Å². The Morgan fingerprint density at radius 1 is 0.556 bits per heavy atom. The maximum absolute atomic E-state index is 6.89. The van der Waals surface area contributed by atoms with Crippen molar-refractivity contribution in [3.63, 3.8) is 0 Å². The molecule has 0 unspecified atom stereocenters. The number of rotatable bonds is 9. The van der Waals surface area contributed by atoms with Gasteiger partial charge in [-0.15, -0.1) is 0 Å². The van der Waals surface area contributed by atoms with Gasteiger partial charge in [-0.2, -0.15) is 0 Å². The van der Waals surface area contributed by atoms with E-state index in [1.54, 1.807) is 0 Å². The van der Waals surface area contributed by atoms with Crippen molar-refractivity contribution in [1.29, 1.82) is 0 Å². The zero-order chi connectivity index (χ0) is 25.4. The van der Waals surface area contributed by atoms with E-state index < -0.39 is 5.60 Å². The van der Waals surface area contributed by atoms with Crippen LogP contribution in [0.15, 0.2) is 54.6 Å². The van der Waals surface area contributed by atoms with Crippen LogP contribution in [0, 0.1) is 0 Å². The minimum atomic E-state index is -0.536.